The van der Waals surface area contributed by atoms with Crippen molar-refractivity contribution in [2.24, 2.45) is 0 Å². The van der Waals surface area contributed by atoms with Crippen molar-refractivity contribution < 1.29 is 4.79 Å². The lowest BCUT2D eigenvalue weighted by Crippen LogP contribution is -2.38. The number of rotatable bonds is 1. The number of fused-ring (bicyclic) bond motifs is 1. The highest BCUT2D eigenvalue weighted by Crippen LogP contribution is 2.26. The van der Waals surface area contributed by atoms with Crippen LogP contribution in [-0.2, 0) is 4.79 Å². The summed E-state index contributed by atoms with van der Waals surface area (Å²) in [6.07, 6.45) is 1.90. The maximum absolute atomic E-state index is 12.2. The van der Waals surface area contributed by atoms with Gasteiger partial charge in [0.05, 0.1) is 0 Å². The number of likely N-dealkylation sites (tertiary alicyclic amines) is 1. The number of carbonyl (C=O) groups is 1. The molecule has 112 valence electrons. The molecule has 1 saturated heterocycles. The molecule has 2 heterocycles. The van der Waals surface area contributed by atoms with E-state index in [0.29, 0.717) is 11.9 Å². The number of H-pyrrole nitrogens is 1. The number of benzene rings is 1. The second kappa shape index (κ2) is 6.07. The van der Waals surface area contributed by atoms with Crippen molar-refractivity contribution in [1.82, 2.24) is 9.88 Å². The second-order valence-corrected chi connectivity index (χ2v) is 5.61. The SMILES string of the molecule is CC#CC(=O)N1CCCC(c2cc3ccccc3c(=O)[nH]2)C1. The molecule has 3 rings (SSSR count). The van der Waals surface area contributed by atoms with Crippen LogP contribution in [0.3, 0.4) is 0 Å². The molecule has 4 heteroatoms. The topological polar surface area (TPSA) is 53.2 Å². The number of aromatic amines is 1. The molecule has 1 aromatic carbocycles. The van der Waals surface area contributed by atoms with E-state index < -0.39 is 0 Å². The van der Waals surface area contributed by atoms with E-state index in [-0.39, 0.29) is 17.4 Å². The minimum atomic E-state index is -0.129. The number of hydrogen-bond acceptors (Lipinski definition) is 2. The Labute approximate surface area is 129 Å². The van der Waals surface area contributed by atoms with Crippen LogP contribution in [-0.4, -0.2) is 28.9 Å². The largest absolute Gasteiger partial charge is 0.331 e. The van der Waals surface area contributed by atoms with Gasteiger partial charge in [0, 0.05) is 30.1 Å². The maximum Gasteiger partial charge on any atom is 0.298 e. The fraction of sp³-hybridized carbons (Fsp3) is 0.333. The van der Waals surface area contributed by atoms with E-state index in [2.05, 4.69) is 16.8 Å². The average Bonchev–Trinajstić information content (AvgIpc) is 2.55. The summed E-state index contributed by atoms with van der Waals surface area (Å²) in [6.45, 7) is 3.02. The number of pyridine rings is 1. The third kappa shape index (κ3) is 2.75. The Morgan fingerprint density at radius 1 is 1.36 bits per heavy atom. The summed E-state index contributed by atoms with van der Waals surface area (Å²) in [6, 6.07) is 9.59. The van der Waals surface area contributed by atoms with Gasteiger partial charge in [-0.2, -0.15) is 0 Å². The van der Waals surface area contributed by atoms with Crippen molar-refractivity contribution in [2.75, 3.05) is 13.1 Å². The van der Waals surface area contributed by atoms with Crippen LogP contribution in [0.5, 0.6) is 0 Å². The first kappa shape index (κ1) is 14.4. The van der Waals surface area contributed by atoms with Gasteiger partial charge in [0.1, 0.15) is 0 Å². The lowest BCUT2D eigenvalue weighted by molar-refractivity contribution is -0.126. The van der Waals surface area contributed by atoms with Gasteiger partial charge < -0.3 is 9.88 Å². The van der Waals surface area contributed by atoms with Gasteiger partial charge in [0.2, 0.25) is 0 Å². The molecule has 0 radical (unpaired) electrons. The standard InChI is InChI=1S/C18H18N2O2/c1-2-6-17(21)20-10-5-8-14(12-20)16-11-13-7-3-4-9-15(13)18(22)19-16/h3-4,7,9,11,14H,5,8,10,12H2,1H3,(H,19,22). The molecular weight excluding hydrogens is 276 g/mol. The van der Waals surface area contributed by atoms with Crippen molar-refractivity contribution in [3.63, 3.8) is 0 Å². The second-order valence-electron chi connectivity index (χ2n) is 5.61. The highest BCUT2D eigenvalue weighted by Gasteiger charge is 2.24. The molecule has 1 aliphatic rings. The van der Waals surface area contributed by atoms with Crippen LogP contribution < -0.4 is 5.56 Å². The number of amides is 1. The summed E-state index contributed by atoms with van der Waals surface area (Å²) < 4.78 is 0. The molecular formula is C18H18N2O2. The lowest BCUT2D eigenvalue weighted by atomic mass is 9.93. The van der Waals surface area contributed by atoms with E-state index in [9.17, 15) is 9.59 Å². The zero-order chi connectivity index (χ0) is 15.5. The van der Waals surface area contributed by atoms with Crippen LogP contribution in [0, 0.1) is 11.8 Å². The molecule has 0 saturated carbocycles. The smallest absolute Gasteiger partial charge is 0.298 e. The quantitative estimate of drug-likeness (QED) is 0.820. The fourth-order valence-corrected chi connectivity index (χ4v) is 3.05. The molecule has 4 nitrogen and oxygen atoms in total. The summed E-state index contributed by atoms with van der Waals surface area (Å²) in [5.74, 6) is 5.28. The zero-order valence-electron chi connectivity index (χ0n) is 12.6. The van der Waals surface area contributed by atoms with E-state index >= 15 is 0 Å². The zero-order valence-corrected chi connectivity index (χ0v) is 12.6. The predicted molar refractivity (Wildman–Crippen MR) is 86.6 cm³/mol. The van der Waals surface area contributed by atoms with Crippen LogP contribution in [0.2, 0.25) is 0 Å². The lowest BCUT2D eigenvalue weighted by Gasteiger charge is -2.31. The molecule has 1 aliphatic heterocycles. The minimum absolute atomic E-state index is 0.0649. The summed E-state index contributed by atoms with van der Waals surface area (Å²) in [5, 5.41) is 1.64. The molecule has 1 unspecified atom stereocenters. The van der Waals surface area contributed by atoms with Gasteiger partial charge in [-0.05, 0) is 43.2 Å². The molecule has 22 heavy (non-hydrogen) atoms. The number of nitrogens with zero attached hydrogens (tertiary/aromatic N) is 1. The highest BCUT2D eigenvalue weighted by atomic mass is 16.2. The van der Waals surface area contributed by atoms with E-state index in [1.54, 1.807) is 11.8 Å². The van der Waals surface area contributed by atoms with Crippen LogP contribution in [0.1, 0.15) is 31.4 Å². The Morgan fingerprint density at radius 3 is 3.00 bits per heavy atom. The Bertz CT molecular complexity index is 826. The normalized spacial score (nSPS) is 17.9. The van der Waals surface area contributed by atoms with Crippen LogP contribution >= 0.6 is 0 Å². The Hall–Kier alpha value is -2.54. The van der Waals surface area contributed by atoms with Crippen molar-refractivity contribution >= 4 is 16.7 Å². The molecule has 1 amide bonds. The van der Waals surface area contributed by atoms with Crippen molar-refractivity contribution in [3.8, 4) is 11.8 Å². The Balaban J connectivity index is 1.91. The summed E-state index contributed by atoms with van der Waals surface area (Å²) in [4.78, 5) is 28.9. The summed E-state index contributed by atoms with van der Waals surface area (Å²) >= 11 is 0. The number of piperidine rings is 1. The van der Waals surface area contributed by atoms with Gasteiger partial charge >= 0.3 is 0 Å². The Morgan fingerprint density at radius 2 is 2.18 bits per heavy atom. The molecule has 0 bridgehead atoms. The first-order chi connectivity index (χ1) is 10.7. The van der Waals surface area contributed by atoms with Gasteiger partial charge in [0.15, 0.2) is 0 Å². The van der Waals surface area contributed by atoms with Gasteiger partial charge in [-0.15, -0.1) is 0 Å². The fourth-order valence-electron chi connectivity index (χ4n) is 3.05. The van der Waals surface area contributed by atoms with E-state index in [1.165, 1.54) is 0 Å². The molecule has 2 aromatic rings. The minimum Gasteiger partial charge on any atom is -0.331 e. The van der Waals surface area contributed by atoms with Gasteiger partial charge in [-0.1, -0.05) is 24.1 Å². The van der Waals surface area contributed by atoms with Crippen LogP contribution in [0.15, 0.2) is 35.1 Å². The van der Waals surface area contributed by atoms with Crippen LogP contribution in [0.4, 0.5) is 0 Å². The molecule has 1 atom stereocenters. The third-order valence-electron chi connectivity index (χ3n) is 4.15. The van der Waals surface area contributed by atoms with Gasteiger partial charge in [-0.25, -0.2) is 0 Å². The summed E-state index contributed by atoms with van der Waals surface area (Å²) in [5.41, 5.74) is 0.843. The van der Waals surface area contributed by atoms with Crippen molar-refractivity contribution in [1.29, 1.82) is 0 Å². The monoisotopic (exact) mass is 294 g/mol. The van der Waals surface area contributed by atoms with E-state index in [0.717, 1.165) is 30.5 Å². The summed E-state index contributed by atoms with van der Waals surface area (Å²) in [7, 11) is 0. The Kier molecular flexibility index (Phi) is 3.97. The van der Waals surface area contributed by atoms with Crippen molar-refractivity contribution in [2.45, 2.75) is 25.7 Å². The predicted octanol–water partition coefficient (Wildman–Crippen LogP) is 2.26. The number of aromatic nitrogens is 1. The molecule has 0 spiro atoms. The molecule has 1 N–H and O–H groups in total. The van der Waals surface area contributed by atoms with Crippen molar-refractivity contribution in [3.05, 3.63) is 46.4 Å². The molecule has 1 fully saturated rings. The highest BCUT2D eigenvalue weighted by molar-refractivity contribution is 5.93. The number of hydrogen-bond donors (Lipinski definition) is 1. The first-order valence-electron chi connectivity index (χ1n) is 7.52. The van der Waals surface area contributed by atoms with E-state index in [1.807, 2.05) is 30.3 Å². The maximum atomic E-state index is 12.2. The van der Waals surface area contributed by atoms with E-state index in [4.69, 9.17) is 0 Å². The van der Waals surface area contributed by atoms with Crippen LogP contribution in [0.25, 0.3) is 10.8 Å². The first-order valence-corrected chi connectivity index (χ1v) is 7.52. The average molecular weight is 294 g/mol. The third-order valence-corrected chi connectivity index (χ3v) is 4.15. The molecule has 0 aliphatic carbocycles. The number of nitrogens with one attached hydrogen (secondary N) is 1. The van der Waals surface area contributed by atoms with Gasteiger partial charge in [-0.3, -0.25) is 9.59 Å². The molecule has 1 aromatic heterocycles. The van der Waals surface area contributed by atoms with Gasteiger partial charge in [0.25, 0.3) is 11.5 Å². The number of carbonyl (C=O) groups excluding carboxylic acids is 1.